The SMILES string of the molecule is CCC(c1nccs1)C(C)SS. The third kappa shape index (κ3) is 2.41. The number of nitrogens with zero attached hydrogens (tertiary/aromatic N) is 1. The van der Waals surface area contributed by atoms with E-state index in [9.17, 15) is 0 Å². The van der Waals surface area contributed by atoms with Crippen molar-refractivity contribution >= 4 is 33.8 Å². The number of thiol groups is 1. The van der Waals surface area contributed by atoms with Crippen molar-refractivity contribution < 1.29 is 0 Å². The van der Waals surface area contributed by atoms with E-state index in [4.69, 9.17) is 0 Å². The van der Waals surface area contributed by atoms with Crippen molar-refractivity contribution in [1.29, 1.82) is 0 Å². The normalized spacial score (nSPS) is 15.9. The van der Waals surface area contributed by atoms with Crippen LogP contribution < -0.4 is 0 Å². The van der Waals surface area contributed by atoms with Gasteiger partial charge in [-0.15, -0.1) is 23.0 Å². The Morgan fingerprint density at radius 3 is 2.92 bits per heavy atom. The van der Waals surface area contributed by atoms with E-state index in [0.717, 1.165) is 6.42 Å². The fraction of sp³-hybridized carbons (Fsp3) is 0.625. The molecule has 12 heavy (non-hydrogen) atoms. The van der Waals surface area contributed by atoms with Crippen molar-refractivity contribution in [3.8, 4) is 0 Å². The molecular formula is C8H13NS3. The van der Waals surface area contributed by atoms with Crippen LogP contribution in [0.1, 0.15) is 31.2 Å². The Morgan fingerprint density at radius 1 is 1.75 bits per heavy atom. The lowest BCUT2D eigenvalue weighted by Gasteiger charge is -2.17. The van der Waals surface area contributed by atoms with Gasteiger partial charge in [-0.25, -0.2) is 4.98 Å². The number of thiazole rings is 1. The van der Waals surface area contributed by atoms with E-state index < -0.39 is 0 Å². The van der Waals surface area contributed by atoms with Crippen LogP contribution in [-0.2, 0) is 0 Å². The monoisotopic (exact) mass is 219 g/mol. The summed E-state index contributed by atoms with van der Waals surface area (Å²) in [6.07, 6.45) is 3.01. The second-order valence-electron chi connectivity index (χ2n) is 2.70. The second kappa shape index (κ2) is 5.14. The molecule has 1 aromatic rings. The summed E-state index contributed by atoms with van der Waals surface area (Å²) in [5.41, 5.74) is 0. The van der Waals surface area contributed by atoms with Gasteiger partial charge in [-0.1, -0.05) is 24.6 Å². The van der Waals surface area contributed by atoms with Gasteiger partial charge in [0.2, 0.25) is 0 Å². The third-order valence-corrected chi connectivity index (χ3v) is 4.51. The minimum atomic E-state index is 0.546. The summed E-state index contributed by atoms with van der Waals surface area (Å²) >= 11 is 5.97. The van der Waals surface area contributed by atoms with E-state index in [2.05, 4.69) is 30.5 Å². The Labute approximate surface area is 86.8 Å². The molecule has 1 heterocycles. The van der Waals surface area contributed by atoms with E-state index in [1.807, 2.05) is 11.6 Å². The zero-order valence-corrected chi connectivity index (χ0v) is 9.75. The van der Waals surface area contributed by atoms with Crippen molar-refractivity contribution in [2.75, 3.05) is 0 Å². The van der Waals surface area contributed by atoms with Crippen LogP contribution in [0.25, 0.3) is 0 Å². The Bertz CT molecular complexity index is 210. The molecule has 0 aliphatic rings. The third-order valence-electron chi connectivity index (χ3n) is 1.94. The highest BCUT2D eigenvalue weighted by Gasteiger charge is 2.18. The van der Waals surface area contributed by atoms with Gasteiger partial charge in [-0.05, 0) is 6.42 Å². The number of rotatable bonds is 4. The van der Waals surface area contributed by atoms with Gasteiger partial charge in [-0.2, -0.15) is 0 Å². The zero-order valence-electron chi connectivity index (χ0n) is 7.23. The van der Waals surface area contributed by atoms with Gasteiger partial charge in [0.25, 0.3) is 0 Å². The molecule has 0 N–H and O–H groups in total. The van der Waals surface area contributed by atoms with Crippen LogP contribution in [0.2, 0.25) is 0 Å². The highest BCUT2D eigenvalue weighted by Crippen LogP contribution is 2.33. The molecule has 0 saturated heterocycles. The van der Waals surface area contributed by atoms with Crippen molar-refractivity contribution in [2.45, 2.75) is 31.4 Å². The number of aromatic nitrogens is 1. The van der Waals surface area contributed by atoms with Gasteiger partial charge in [-0.3, -0.25) is 0 Å². The van der Waals surface area contributed by atoms with E-state index in [-0.39, 0.29) is 0 Å². The zero-order chi connectivity index (χ0) is 8.97. The molecule has 0 saturated carbocycles. The van der Waals surface area contributed by atoms with Gasteiger partial charge >= 0.3 is 0 Å². The molecule has 0 radical (unpaired) electrons. The summed E-state index contributed by atoms with van der Waals surface area (Å²) in [4.78, 5) is 4.33. The van der Waals surface area contributed by atoms with E-state index in [0.29, 0.717) is 11.2 Å². The Balaban J connectivity index is 2.69. The van der Waals surface area contributed by atoms with Crippen LogP contribution in [0.5, 0.6) is 0 Å². The average Bonchev–Trinajstić information content (AvgIpc) is 2.58. The largest absolute Gasteiger partial charge is 0.249 e. The molecule has 0 bridgehead atoms. The van der Waals surface area contributed by atoms with Crippen molar-refractivity contribution in [3.63, 3.8) is 0 Å². The first-order chi connectivity index (χ1) is 5.79. The maximum atomic E-state index is 4.33. The van der Waals surface area contributed by atoms with Crippen LogP contribution in [0, 0.1) is 0 Å². The van der Waals surface area contributed by atoms with Gasteiger partial charge in [0, 0.05) is 22.7 Å². The first-order valence-electron chi connectivity index (χ1n) is 3.99. The summed E-state index contributed by atoms with van der Waals surface area (Å²) in [7, 11) is 1.62. The lowest BCUT2D eigenvalue weighted by atomic mass is 10.0. The average molecular weight is 219 g/mol. The van der Waals surface area contributed by atoms with Crippen molar-refractivity contribution in [1.82, 2.24) is 4.98 Å². The molecule has 1 aromatic heterocycles. The predicted octanol–water partition coefficient (Wildman–Crippen LogP) is 3.60. The lowest BCUT2D eigenvalue weighted by Crippen LogP contribution is -2.09. The summed E-state index contributed by atoms with van der Waals surface area (Å²) in [6.45, 7) is 4.40. The van der Waals surface area contributed by atoms with E-state index >= 15 is 0 Å². The molecule has 0 aliphatic heterocycles. The van der Waals surface area contributed by atoms with Gasteiger partial charge in [0.15, 0.2) is 0 Å². The summed E-state index contributed by atoms with van der Waals surface area (Å²) in [5.74, 6) is 0.562. The predicted molar refractivity (Wildman–Crippen MR) is 61.2 cm³/mol. The highest BCUT2D eigenvalue weighted by molar-refractivity contribution is 8.68. The minimum absolute atomic E-state index is 0.546. The molecule has 4 heteroatoms. The molecule has 0 aliphatic carbocycles. The summed E-state index contributed by atoms with van der Waals surface area (Å²) in [6, 6.07) is 0. The van der Waals surface area contributed by atoms with Crippen LogP contribution in [0.3, 0.4) is 0 Å². The Kier molecular flexibility index (Phi) is 4.46. The maximum Gasteiger partial charge on any atom is 0.0966 e. The van der Waals surface area contributed by atoms with Gasteiger partial charge in [0.05, 0.1) is 5.01 Å². The Hall–Kier alpha value is 0.330. The second-order valence-corrected chi connectivity index (χ2v) is 5.21. The van der Waals surface area contributed by atoms with Crippen LogP contribution >= 0.6 is 33.8 Å². The molecule has 0 amide bonds. The van der Waals surface area contributed by atoms with E-state index in [1.165, 1.54) is 5.01 Å². The molecule has 0 fully saturated rings. The van der Waals surface area contributed by atoms with Crippen LogP contribution in [0.15, 0.2) is 11.6 Å². The maximum absolute atomic E-state index is 4.33. The van der Waals surface area contributed by atoms with Crippen molar-refractivity contribution in [3.05, 3.63) is 16.6 Å². The quantitative estimate of drug-likeness (QED) is 0.614. The number of hydrogen-bond donors (Lipinski definition) is 1. The summed E-state index contributed by atoms with van der Waals surface area (Å²) < 4.78 is 0. The molecule has 2 unspecified atom stereocenters. The molecule has 0 spiro atoms. The summed E-state index contributed by atoms with van der Waals surface area (Å²) in [5, 5.41) is 3.82. The molecule has 2 atom stereocenters. The molecule has 68 valence electrons. The van der Waals surface area contributed by atoms with Crippen molar-refractivity contribution in [2.24, 2.45) is 0 Å². The van der Waals surface area contributed by atoms with Gasteiger partial charge in [0.1, 0.15) is 0 Å². The first-order valence-corrected chi connectivity index (χ1v) is 6.80. The van der Waals surface area contributed by atoms with Gasteiger partial charge < -0.3 is 0 Å². The number of hydrogen-bond acceptors (Lipinski definition) is 4. The minimum Gasteiger partial charge on any atom is -0.249 e. The standard InChI is InChI=1S/C8H13NS3/c1-3-7(6(2)12-10)8-9-4-5-11-8/h4-7,10H,3H2,1-2H3. The first kappa shape index (κ1) is 10.4. The smallest absolute Gasteiger partial charge is 0.0966 e. The topological polar surface area (TPSA) is 12.9 Å². The molecular weight excluding hydrogens is 206 g/mol. The molecule has 1 nitrogen and oxygen atoms in total. The fourth-order valence-electron chi connectivity index (χ4n) is 1.20. The van der Waals surface area contributed by atoms with Crippen LogP contribution in [-0.4, -0.2) is 10.2 Å². The highest BCUT2D eigenvalue weighted by atomic mass is 33.1. The molecule has 0 aromatic carbocycles. The lowest BCUT2D eigenvalue weighted by molar-refractivity contribution is 0.653. The fourth-order valence-corrected chi connectivity index (χ4v) is 3.12. The molecule has 1 rings (SSSR count). The Morgan fingerprint density at radius 2 is 2.50 bits per heavy atom. The van der Waals surface area contributed by atoms with Crippen LogP contribution in [0.4, 0.5) is 0 Å². The van der Waals surface area contributed by atoms with E-state index in [1.54, 1.807) is 22.1 Å².